The summed E-state index contributed by atoms with van der Waals surface area (Å²) in [5, 5.41) is 6.06. The van der Waals surface area contributed by atoms with Crippen molar-refractivity contribution in [3.05, 3.63) is 40.5 Å². The van der Waals surface area contributed by atoms with Crippen molar-refractivity contribution in [1.82, 2.24) is 10.2 Å². The Kier molecular flexibility index (Phi) is 3.21. The normalized spacial score (nSPS) is 11.4. The van der Waals surface area contributed by atoms with Gasteiger partial charge in [-0.3, -0.25) is 9.82 Å². The van der Waals surface area contributed by atoms with Gasteiger partial charge in [0, 0.05) is 4.47 Å². The van der Waals surface area contributed by atoms with Crippen LogP contribution in [0.2, 0.25) is 0 Å². The molecule has 0 amide bonds. The van der Waals surface area contributed by atoms with Crippen LogP contribution in [-0.4, -0.2) is 18.6 Å². The summed E-state index contributed by atoms with van der Waals surface area (Å²) in [5.74, 6) is 0. The van der Waals surface area contributed by atoms with E-state index in [1.54, 1.807) is 12.1 Å². The van der Waals surface area contributed by atoms with Gasteiger partial charge in [-0.2, -0.15) is 13.5 Å². The lowest BCUT2D eigenvalue weighted by atomic mass is 10.2. The molecule has 2 aromatic rings. The maximum Gasteiger partial charge on any atom is 0.278 e. The van der Waals surface area contributed by atoms with Gasteiger partial charge >= 0.3 is 0 Å². The molecule has 2 N–H and O–H groups in total. The topological polar surface area (TPSA) is 74.8 Å². The van der Waals surface area contributed by atoms with Gasteiger partial charge < -0.3 is 0 Å². The Morgan fingerprint density at radius 3 is 2.71 bits per heavy atom. The lowest BCUT2D eigenvalue weighted by Crippen LogP contribution is -2.13. The van der Waals surface area contributed by atoms with E-state index in [0.29, 0.717) is 5.69 Å². The molecule has 90 valence electrons. The zero-order valence-electron chi connectivity index (χ0n) is 8.94. The summed E-state index contributed by atoms with van der Waals surface area (Å²) in [6.45, 7) is 1.93. The summed E-state index contributed by atoms with van der Waals surface area (Å²) in [6, 6.07) is 6.64. The van der Waals surface area contributed by atoms with E-state index in [0.717, 1.165) is 10.0 Å². The number of halogens is 1. The van der Waals surface area contributed by atoms with E-state index >= 15 is 0 Å². The van der Waals surface area contributed by atoms with Gasteiger partial charge in [0.2, 0.25) is 0 Å². The molecule has 0 fully saturated rings. The SMILES string of the molecule is Cc1ccc(NS(=O)(=O)c2ccn[nH]2)cc1Br. The van der Waals surface area contributed by atoms with Gasteiger partial charge in [-0.1, -0.05) is 22.0 Å². The number of anilines is 1. The number of aromatic amines is 1. The van der Waals surface area contributed by atoms with Gasteiger partial charge in [-0.05, 0) is 30.7 Å². The molecule has 0 aliphatic carbocycles. The summed E-state index contributed by atoms with van der Waals surface area (Å²) in [7, 11) is -3.59. The number of aryl methyl sites for hydroxylation is 1. The van der Waals surface area contributed by atoms with Crippen molar-refractivity contribution in [3.8, 4) is 0 Å². The van der Waals surface area contributed by atoms with Crippen LogP contribution >= 0.6 is 15.9 Å². The van der Waals surface area contributed by atoms with Crippen LogP contribution in [0.5, 0.6) is 0 Å². The van der Waals surface area contributed by atoms with Crippen LogP contribution < -0.4 is 4.72 Å². The molecule has 0 atom stereocenters. The lowest BCUT2D eigenvalue weighted by molar-refractivity contribution is 0.597. The molecule has 0 unspecified atom stereocenters. The predicted molar refractivity (Wildman–Crippen MR) is 68.3 cm³/mol. The Hall–Kier alpha value is -1.34. The van der Waals surface area contributed by atoms with E-state index in [-0.39, 0.29) is 5.03 Å². The molecule has 7 heteroatoms. The molecule has 1 aromatic carbocycles. The highest BCUT2D eigenvalue weighted by Crippen LogP contribution is 2.22. The van der Waals surface area contributed by atoms with E-state index in [9.17, 15) is 8.42 Å². The average molecular weight is 316 g/mol. The summed E-state index contributed by atoms with van der Waals surface area (Å²) in [5.41, 5.74) is 1.53. The van der Waals surface area contributed by atoms with Gasteiger partial charge in [0.1, 0.15) is 0 Å². The highest BCUT2D eigenvalue weighted by Gasteiger charge is 2.15. The minimum atomic E-state index is -3.59. The number of hydrogen-bond donors (Lipinski definition) is 2. The Balaban J connectivity index is 2.30. The molecule has 5 nitrogen and oxygen atoms in total. The number of nitrogens with one attached hydrogen (secondary N) is 2. The first-order valence-electron chi connectivity index (χ1n) is 4.77. The van der Waals surface area contributed by atoms with Gasteiger partial charge in [0.25, 0.3) is 10.0 Å². The first-order chi connectivity index (χ1) is 7.99. The maximum atomic E-state index is 11.9. The second-order valence-corrected chi connectivity index (χ2v) is 6.00. The minimum Gasteiger partial charge on any atom is -0.278 e. The molecular formula is C10H10BrN3O2S. The second-order valence-electron chi connectivity index (χ2n) is 3.49. The third-order valence-electron chi connectivity index (χ3n) is 2.19. The van der Waals surface area contributed by atoms with Crippen molar-refractivity contribution in [1.29, 1.82) is 0 Å². The van der Waals surface area contributed by atoms with Crippen LogP contribution in [0.4, 0.5) is 5.69 Å². The van der Waals surface area contributed by atoms with Crippen LogP contribution in [0.3, 0.4) is 0 Å². The molecule has 0 saturated heterocycles. The summed E-state index contributed by atoms with van der Waals surface area (Å²) < 4.78 is 27.0. The minimum absolute atomic E-state index is 0.0363. The number of benzene rings is 1. The first-order valence-corrected chi connectivity index (χ1v) is 7.05. The molecule has 17 heavy (non-hydrogen) atoms. The van der Waals surface area contributed by atoms with E-state index in [1.807, 2.05) is 13.0 Å². The van der Waals surface area contributed by atoms with E-state index in [1.165, 1.54) is 12.3 Å². The molecule has 1 heterocycles. The smallest absolute Gasteiger partial charge is 0.278 e. The molecule has 2 rings (SSSR count). The molecule has 0 bridgehead atoms. The van der Waals surface area contributed by atoms with Crippen molar-refractivity contribution in [2.24, 2.45) is 0 Å². The van der Waals surface area contributed by atoms with Gasteiger partial charge in [-0.15, -0.1) is 0 Å². The molecule has 0 radical (unpaired) electrons. The standard InChI is InChI=1S/C10H10BrN3O2S/c1-7-2-3-8(6-9(7)11)14-17(15,16)10-4-5-12-13-10/h2-6,14H,1H3,(H,12,13). The summed E-state index contributed by atoms with van der Waals surface area (Å²) >= 11 is 3.35. The van der Waals surface area contributed by atoms with Crippen LogP contribution in [0.25, 0.3) is 0 Å². The molecular weight excluding hydrogens is 306 g/mol. The fourth-order valence-electron chi connectivity index (χ4n) is 1.26. The van der Waals surface area contributed by atoms with Crippen LogP contribution in [-0.2, 0) is 10.0 Å². The number of hydrogen-bond acceptors (Lipinski definition) is 3. The second kappa shape index (κ2) is 4.50. The van der Waals surface area contributed by atoms with Gasteiger partial charge in [0.05, 0.1) is 11.9 Å². The fourth-order valence-corrected chi connectivity index (χ4v) is 2.60. The summed E-state index contributed by atoms with van der Waals surface area (Å²) in [6.07, 6.45) is 1.39. The monoisotopic (exact) mass is 315 g/mol. The zero-order chi connectivity index (χ0) is 12.5. The third-order valence-corrected chi connectivity index (χ3v) is 4.35. The Bertz CT molecular complexity index is 623. The van der Waals surface area contributed by atoms with Gasteiger partial charge in [-0.25, -0.2) is 0 Å². The first kappa shape index (κ1) is 12.1. The van der Waals surface area contributed by atoms with Gasteiger partial charge in [0.15, 0.2) is 5.03 Å². The average Bonchev–Trinajstić information content (AvgIpc) is 2.77. The molecule has 0 aliphatic heterocycles. The fraction of sp³-hybridized carbons (Fsp3) is 0.100. The van der Waals surface area contributed by atoms with E-state index in [2.05, 4.69) is 30.8 Å². The van der Waals surface area contributed by atoms with Crippen molar-refractivity contribution in [3.63, 3.8) is 0 Å². The quantitative estimate of drug-likeness (QED) is 0.912. The molecule has 0 spiro atoms. The number of aromatic nitrogens is 2. The Morgan fingerprint density at radius 1 is 1.35 bits per heavy atom. The number of rotatable bonds is 3. The maximum absolute atomic E-state index is 11.9. The van der Waals surface area contributed by atoms with E-state index < -0.39 is 10.0 Å². The molecule has 0 saturated carbocycles. The van der Waals surface area contributed by atoms with Crippen LogP contribution in [0.1, 0.15) is 5.56 Å². The Labute approximate surface area is 107 Å². The lowest BCUT2D eigenvalue weighted by Gasteiger charge is -2.07. The largest absolute Gasteiger partial charge is 0.278 e. The van der Waals surface area contributed by atoms with Crippen molar-refractivity contribution < 1.29 is 8.42 Å². The highest BCUT2D eigenvalue weighted by atomic mass is 79.9. The van der Waals surface area contributed by atoms with Crippen LogP contribution in [0, 0.1) is 6.92 Å². The predicted octanol–water partition coefficient (Wildman–Crippen LogP) is 2.28. The third kappa shape index (κ3) is 2.67. The summed E-state index contributed by atoms with van der Waals surface area (Å²) in [4.78, 5) is 0. The van der Waals surface area contributed by atoms with Crippen LogP contribution in [0.15, 0.2) is 40.0 Å². The zero-order valence-corrected chi connectivity index (χ0v) is 11.3. The Morgan fingerprint density at radius 2 is 2.12 bits per heavy atom. The number of sulfonamides is 1. The highest BCUT2D eigenvalue weighted by molar-refractivity contribution is 9.10. The van der Waals surface area contributed by atoms with E-state index in [4.69, 9.17) is 0 Å². The number of nitrogens with zero attached hydrogens (tertiary/aromatic N) is 1. The molecule has 0 aliphatic rings. The molecule has 1 aromatic heterocycles. The van der Waals surface area contributed by atoms with Crippen molar-refractivity contribution in [2.75, 3.05) is 4.72 Å². The van der Waals surface area contributed by atoms with Crippen molar-refractivity contribution in [2.45, 2.75) is 11.9 Å². The van der Waals surface area contributed by atoms with Crippen molar-refractivity contribution >= 4 is 31.6 Å². The number of H-pyrrole nitrogens is 1.